The summed E-state index contributed by atoms with van der Waals surface area (Å²) in [7, 11) is 0. The number of rotatable bonds is 8. The minimum Gasteiger partial charge on any atom is -0.482 e. The van der Waals surface area contributed by atoms with Crippen LogP contribution in [0.5, 0.6) is 5.75 Å². The Balaban J connectivity index is 1.47. The van der Waals surface area contributed by atoms with Crippen molar-refractivity contribution in [3.63, 3.8) is 0 Å². The highest BCUT2D eigenvalue weighted by atomic mass is 35.5. The van der Waals surface area contributed by atoms with E-state index >= 15 is 0 Å². The summed E-state index contributed by atoms with van der Waals surface area (Å²) in [5, 5.41) is 4.26. The molecule has 0 saturated carbocycles. The van der Waals surface area contributed by atoms with Crippen LogP contribution >= 0.6 is 34.5 Å². The van der Waals surface area contributed by atoms with Crippen LogP contribution in [0.15, 0.2) is 72.8 Å². The predicted octanol–water partition coefficient (Wildman–Crippen LogP) is 7.75. The number of amides is 1. The van der Waals surface area contributed by atoms with Gasteiger partial charge in [0.1, 0.15) is 5.75 Å². The van der Waals surface area contributed by atoms with Gasteiger partial charge in [-0.1, -0.05) is 91.1 Å². The van der Waals surface area contributed by atoms with Crippen LogP contribution in [0, 0.1) is 0 Å². The molecule has 3 aromatic carbocycles. The molecule has 7 heteroatoms. The molecule has 4 aromatic rings. The van der Waals surface area contributed by atoms with Crippen LogP contribution in [0.4, 0.5) is 5.13 Å². The van der Waals surface area contributed by atoms with Gasteiger partial charge >= 0.3 is 0 Å². The van der Waals surface area contributed by atoms with Crippen molar-refractivity contribution in [2.75, 3.05) is 11.9 Å². The Morgan fingerprint density at radius 2 is 1.67 bits per heavy atom. The molecule has 0 aliphatic heterocycles. The summed E-state index contributed by atoms with van der Waals surface area (Å²) >= 11 is 13.5. The van der Waals surface area contributed by atoms with E-state index in [0.29, 0.717) is 20.9 Å². The Bertz CT molecular complexity index is 1240. The van der Waals surface area contributed by atoms with Crippen LogP contribution in [0.3, 0.4) is 0 Å². The van der Waals surface area contributed by atoms with Gasteiger partial charge in [0.05, 0.1) is 10.7 Å². The fourth-order valence-corrected chi connectivity index (χ4v) is 4.93. The molecule has 0 radical (unpaired) electrons. The number of hydrogen-bond donors (Lipinski definition) is 1. The van der Waals surface area contributed by atoms with Gasteiger partial charge in [0.25, 0.3) is 5.91 Å². The molecular formula is C26H22Cl2N2O2S. The number of benzene rings is 3. The van der Waals surface area contributed by atoms with Gasteiger partial charge in [-0.25, -0.2) is 4.98 Å². The first-order valence-electron chi connectivity index (χ1n) is 10.6. The van der Waals surface area contributed by atoms with Crippen molar-refractivity contribution < 1.29 is 9.53 Å². The summed E-state index contributed by atoms with van der Waals surface area (Å²) in [5.41, 5.74) is 4.25. The third-order valence-corrected chi connectivity index (χ3v) is 6.50. The molecule has 0 aliphatic rings. The standard InChI is InChI=1S/C26H22Cl2N2O2S/c1-2-6-23-25(19-11-9-18(10-12-19)17-7-4-3-5-8-17)30-26(33-23)29-24(31)16-32-22-14-13-20(27)15-21(22)28/h3-5,7-15H,2,6,16H2,1H3,(H,29,30,31). The molecule has 0 fully saturated rings. The summed E-state index contributed by atoms with van der Waals surface area (Å²) in [6.07, 6.45) is 1.88. The lowest BCUT2D eigenvalue weighted by Crippen LogP contribution is -2.20. The highest BCUT2D eigenvalue weighted by molar-refractivity contribution is 7.16. The van der Waals surface area contributed by atoms with E-state index in [2.05, 4.69) is 48.6 Å². The Kier molecular flexibility index (Phi) is 7.65. The number of halogens is 2. The fourth-order valence-electron chi connectivity index (χ4n) is 3.37. The number of anilines is 1. The van der Waals surface area contributed by atoms with Crippen molar-refractivity contribution in [2.45, 2.75) is 19.8 Å². The van der Waals surface area contributed by atoms with Crippen molar-refractivity contribution in [3.05, 3.63) is 87.7 Å². The Morgan fingerprint density at radius 3 is 2.36 bits per heavy atom. The Morgan fingerprint density at radius 1 is 0.970 bits per heavy atom. The van der Waals surface area contributed by atoms with Gasteiger partial charge in [0.2, 0.25) is 0 Å². The minimum atomic E-state index is -0.302. The fraction of sp³-hybridized carbons (Fsp3) is 0.154. The highest BCUT2D eigenvalue weighted by Crippen LogP contribution is 2.33. The number of carbonyl (C=O) groups excluding carboxylic acids is 1. The van der Waals surface area contributed by atoms with Crippen molar-refractivity contribution in [1.29, 1.82) is 0 Å². The molecule has 1 aromatic heterocycles. The molecule has 1 N–H and O–H groups in total. The number of nitrogens with one attached hydrogen (secondary N) is 1. The average molecular weight is 497 g/mol. The largest absolute Gasteiger partial charge is 0.482 e. The SMILES string of the molecule is CCCc1sc(NC(=O)COc2ccc(Cl)cc2Cl)nc1-c1ccc(-c2ccccc2)cc1. The van der Waals surface area contributed by atoms with E-state index in [0.717, 1.165) is 34.5 Å². The van der Waals surface area contributed by atoms with Crippen LogP contribution in [0.2, 0.25) is 10.0 Å². The number of nitrogens with zero attached hydrogens (tertiary/aromatic N) is 1. The van der Waals surface area contributed by atoms with E-state index < -0.39 is 0 Å². The maximum atomic E-state index is 12.4. The lowest BCUT2D eigenvalue weighted by Gasteiger charge is -2.07. The zero-order valence-electron chi connectivity index (χ0n) is 18.0. The topological polar surface area (TPSA) is 51.2 Å². The third-order valence-electron chi connectivity index (χ3n) is 4.94. The van der Waals surface area contributed by atoms with Crippen LogP contribution < -0.4 is 10.1 Å². The molecule has 0 bridgehead atoms. The van der Waals surface area contributed by atoms with Gasteiger partial charge < -0.3 is 4.74 Å². The number of carbonyl (C=O) groups is 1. The van der Waals surface area contributed by atoms with Crippen LogP contribution in [-0.4, -0.2) is 17.5 Å². The lowest BCUT2D eigenvalue weighted by molar-refractivity contribution is -0.118. The first kappa shape index (κ1) is 23.3. The molecule has 0 atom stereocenters. The average Bonchev–Trinajstić information content (AvgIpc) is 3.21. The molecule has 0 spiro atoms. The monoisotopic (exact) mass is 496 g/mol. The van der Waals surface area contributed by atoms with Crippen molar-refractivity contribution >= 4 is 45.6 Å². The maximum Gasteiger partial charge on any atom is 0.264 e. The Labute approximate surface area is 207 Å². The molecule has 1 heterocycles. The van der Waals surface area contributed by atoms with Gasteiger partial charge in [-0.05, 0) is 35.7 Å². The first-order chi connectivity index (χ1) is 16.0. The van der Waals surface area contributed by atoms with Crippen LogP contribution in [0.1, 0.15) is 18.2 Å². The van der Waals surface area contributed by atoms with Crippen molar-refractivity contribution in [3.8, 4) is 28.1 Å². The molecule has 1 amide bonds. The van der Waals surface area contributed by atoms with Crippen molar-refractivity contribution in [2.24, 2.45) is 0 Å². The highest BCUT2D eigenvalue weighted by Gasteiger charge is 2.15. The molecule has 0 aliphatic carbocycles. The van der Waals surface area contributed by atoms with E-state index in [9.17, 15) is 4.79 Å². The number of ether oxygens (including phenoxy) is 1. The summed E-state index contributed by atoms with van der Waals surface area (Å²) in [6, 6.07) is 23.5. The third kappa shape index (κ3) is 5.93. The molecule has 0 saturated heterocycles. The van der Waals surface area contributed by atoms with E-state index in [1.807, 2.05) is 18.2 Å². The summed E-state index contributed by atoms with van der Waals surface area (Å²) < 4.78 is 5.52. The molecule has 4 nitrogen and oxygen atoms in total. The van der Waals surface area contributed by atoms with E-state index in [1.165, 1.54) is 16.9 Å². The van der Waals surface area contributed by atoms with E-state index in [-0.39, 0.29) is 12.5 Å². The molecular weight excluding hydrogens is 475 g/mol. The lowest BCUT2D eigenvalue weighted by atomic mass is 10.0. The summed E-state index contributed by atoms with van der Waals surface area (Å²) in [5.74, 6) is 0.102. The van der Waals surface area contributed by atoms with Gasteiger partial charge in [-0.2, -0.15) is 0 Å². The predicted molar refractivity (Wildman–Crippen MR) is 138 cm³/mol. The van der Waals surface area contributed by atoms with Gasteiger partial charge in [-0.3, -0.25) is 10.1 Å². The van der Waals surface area contributed by atoms with E-state index in [4.69, 9.17) is 32.9 Å². The molecule has 33 heavy (non-hydrogen) atoms. The summed E-state index contributed by atoms with van der Waals surface area (Å²) in [6.45, 7) is 1.95. The van der Waals surface area contributed by atoms with E-state index in [1.54, 1.807) is 18.2 Å². The maximum absolute atomic E-state index is 12.4. The summed E-state index contributed by atoms with van der Waals surface area (Å²) in [4.78, 5) is 18.3. The molecule has 4 rings (SSSR count). The van der Waals surface area contributed by atoms with Gasteiger partial charge in [0, 0.05) is 15.5 Å². The number of hydrogen-bond acceptors (Lipinski definition) is 4. The second-order valence-electron chi connectivity index (χ2n) is 7.40. The first-order valence-corrected chi connectivity index (χ1v) is 12.1. The zero-order valence-corrected chi connectivity index (χ0v) is 20.3. The normalized spacial score (nSPS) is 10.8. The van der Waals surface area contributed by atoms with Gasteiger partial charge in [0.15, 0.2) is 11.7 Å². The number of thiazole rings is 1. The smallest absolute Gasteiger partial charge is 0.264 e. The van der Waals surface area contributed by atoms with Gasteiger partial charge in [-0.15, -0.1) is 11.3 Å². The second-order valence-corrected chi connectivity index (χ2v) is 9.32. The van der Waals surface area contributed by atoms with Crippen molar-refractivity contribution in [1.82, 2.24) is 4.98 Å². The molecule has 0 unspecified atom stereocenters. The van der Waals surface area contributed by atoms with Crippen LogP contribution in [0.25, 0.3) is 22.4 Å². The minimum absolute atomic E-state index is 0.175. The second kappa shape index (κ2) is 10.8. The quantitative estimate of drug-likeness (QED) is 0.271. The number of aryl methyl sites for hydroxylation is 1. The van der Waals surface area contributed by atoms with Crippen LogP contribution in [-0.2, 0) is 11.2 Å². The molecule has 168 valence electrons. The number of aromatic nitrogens is 1. The Hall–Kier alpha value is -2.86. The zero-order chi connectivity index (χ0) is 23.2.